The first kappa shape index (κ1) is 10.2. The zero-order valence-electron chi connectivity index (χ0n) is 8.52. The molecule has 0 saturated carbocycles. The molecule has 2 aromatic heterocycles. The maximum atomic E-state index is 5.12. The van der Waals surface area contributed by atoms with E-state index in [1.807, 2.05) is 0 Å². The Labute approximate surface area is 90.8 Å². The van der Waals surface area contributed by atoms with Crippen LogP contribution < -0.4 is 4.74 Å². The Morgan fingerprint density at radius 2 is 2.20 bits per heavy atom. The van der Waals surface area contributed by atoms with Crippen molar-refractivity contribution in [3.8, 4) is 5.88 Å². The van der Waals surface area contributed by atoms with Crippen molar-refractivity contribution in [3.05, 3.63) is 0 Å². The Bertz CT molecular complexity index is 457. The Hall–Kier alpha value is -1.37. The number of H-pyrrole nitrogens is 1. The Morgan fingerprint density at radius 3 is 2.93 bits per heavy atom. The molecule has 6 nitrogen and oxygen atoms in total. The molecule has 0 spiro atoms. The van der Waals surface area contributed by atoms with Crippen molar-refractivity contribution in [1.29, 1.82) is 0 Å². The van der Waals surface area contributed by atoms with Gasteiger partial charge in [0.05, 0.1) is 7.11 Å². The van der Waals surface area contributed by atoms with E-state index in [1.54, 1.807) is 18.9 Å². The fraction of sp³-hybridized carbons (Fsp3) is 0.500. The number of rotatable bonds is 4. The summed E-state index contributed by atoms with van der Waals surface area (Å²) >= 11 is 1.58. The van der Waals surface area contributed by atoms with Gasteiger partial charge in [-0.15, -0.1) is 10.2 Å². The minimum Gasteiger partial charge on any atom is -0.479 e. The van der Waals surface area contributed by atoms with Crippen LogP contribution in [0.1, 0.15) is 13.3 Å². The van der Waals surface area contributed by atoms with E-state index in [0.717, 1.165) is 12.2 Å². The number of ether oxygens (including phenoxy) is 1. The maximum absolute atomic E-state index is 5.12. The highest BCUT2D eigenvalue weighted by molar-refractivity contribution is 7.99. The summed E-state index contributed by atoms with van der Waals surface area (Å²) < 4.78 is 5.12. The summed E-state index contributed by atoms with van der Waals surface area (Å²) in [5.41, 5.74) is 1.11. The van der Waals surface area contributed by atoms with Crippen molar-refractivity contribution in [2.75, 3.05) is 12.9 Å². The lowest BCUT2D eigenvalue weighted by Crippen LogP contribution is -1.94. The lowest BCUT2D eigenvalue weighted by atomic mass is 10.5. The zero-order chi connectivity index (χ0) is 10.7. The molecule has 0 bridgehead atoms. The summed E-state index contributed by atoms with van der Waals surface area (Å²) in [5.74, 6) is 1.44. The smallest absolute Gasteiger partial charge is 0.248 e. The summed E-state index contributed by atoms with van der Waals surface area (Å²) in [6, 6.07) is 0. The third-order valence-electron chi connectivity index (χ3n) is 1.76. The molecule has 7 heteroatoms. The van der Waals surface area contributed by atoms with Gasteiger partial charge in [0, 0.05) is 5.75 Å². The predicted molar refractivity (Wildman–Crippen MR) is 57.0 cm³/mol. The summed E-state index contributed by atoms with van der Waals surface area (Å²) in [6.45, 7) is 2.11. The number of methoxy groups -OCH3 is 1. The van der Waals surface area contributed by atoms with Gasteiger partial charge >= 0.3 is 0 Å². The van der Waals surface area contributed by atoms with E-state index < -0.39 is 0 Å². The average Bonchev–Trinajstić information content (AvgIpc) is 2.73. The van der Waals surface area contributed by atoms with Gasteiger partial charge in [-0.3, -0.25) is 0 Å². The number of fused-ring (bicyclic) bond motifs is 1. The lowest BCUT2D eigenvalue weighted by molar-refractivity contribution is 0.397. The van der Waals surface area contributed by atoms with E-state index in [0.29, 0.717) is 22.2 Å². The largest absolute Gasteiger partial charge is 0.479 e. The number of hydrogen-bond acceptors (Lipinski definition) is 6. The molecule has 15 heavy (non-hydrogen) atoms. The second-order valence-corrected chi connectivity index (χ2v) is 3.92. The molecular weight excluding hydrogens is 214 g/mol. The average molecular weight is 225 g/mol. The third kappa shape index (κ3) is 2.01. The van der Waals surface area contributed by atoms with Crippen LogP contribution >= 0.6 is 11.8 Å². The van der Waals surface area contributed by atoms with Gasteiger partial charge in [-0.25, -0.2) is 0 Å². The number of aromatic nitrogens is 5. The first-order valence-electron chi connectivity index (χ1n) is 4.60. The van der Waals surface area contributed by atoms with Gasteiger partial charge in [-0.2, -0.15) is 15.2 Å². The van der Waals surface area contributed by atoms with Crippen LogP contribution in [-0.2, 0) is 0 Å². The van der Waals surface area contributed by atoms with Gasteiger partial charge < -0.3 is 4.74 Å². The Balaban J connectivity index is 2.40. The molecule has 2 rings (SSSR count). The molecule has 0 unspecified atom stereocenters. The van der Waals surface area contributed by atoms with Crippen molar-refractivity contribution < 1.29 is 4.74 Å². The van der Waals surface area contributed by atoms with Gasteiger partial charge in [-0.05, 0) is 6.42 Å². The first-order chi connectivity index (χ1) is 7.35. The Morgan fingerprint density at radius 1 is 1.33 bits per heavy atom. The number of nitrogens with one attached hydrogen (secondary N) is 1. The van der Waals surface area contributed by atoms with Crippen molar-refractivity contribution >= 4 is 22.9 Å². The van der Waals surface area contributed by atoms with Crippen LogP contribution in [-0.4, -0.2) is 38.2 Å². The molecule has 0 aliphatic heterocycles. The van der Waals surface area contributed by atoms with Crippen molar-refractivity contribution in [3.63, 3.8) is 0 Å². The van der Waals surface area contributed by atoms with Crippen LogP contribution in [0.4, 0.5) is 0 Å². The molecule has 0 radical (unpaired) electrons. The molecule has 0 saturated heterocycles. The van der Waals surface area contributed by atoms with E-state index in [-0.39, 0.29) is 0 Å². The van der Waals surface area contributed by atoms with E-state index in [1.165, 1.54) is 0 Å². The van der Waals surface area contributed by atoms with Crippen LogP contribution in [0.15, 0.2) is 5.16 Å². The van der Waals surface area contributed by atoms with Crippen LogP contribution in [0.5, 0.6) is 5.88 Å². The number of hydrogen-bond donors (Lipinski definition) is 1. The van der Waals surface area contributed by atoms with Crippen LogP contribution in [0.3, 0.4) is 0 Å². The monoisotopic (exact) mass is 225 g/mol. The minimum absolute atomic E-state index is 0.465. The van der Waals surface area contributed by atoms with Gasteiger partial charge in [0.15, 0.2) is 10.7 Å². The highest BCUT2D eigenvalue weighted by Gasteiger charge is 2.11. The molecule has 0 aromatic carbocycles. The number of thioether (sulfide) groups is 1. The lowest BCUT2D eigenvalue weighted by Gasteiger charge is -2.01. The van der Waals surface area contributed by atoms with Crippen LogP contribution in [0.2, 0.25) is 0 Å². The topological polar surface area (TPSA) is 76.6 Å². The van der Waals surface area contributed by atoms with Crippen LogP contribution in [0, 0.1) is 0 Å². The third-order valence-corrected chi connectivity index (χ3v) is 2.81. The van der Waals surface area contributed by atoms with Gasteiger partial charge in [-0.1, -0.05) is 18.7 Å². The second kappa shape index (κ2) is 4.43. The summed E-state index contributed by atoms with van der Waals surface area (Å²) in [7, 11) is 1.56. The summed E-state index contributed by atoms with van der Waals surface area (Å²) in [5, 5.41) is 11.0. The molecular formula is C8H11N5OS. The molecule has 1 N–H and O–H groups in total. The first-order valence-corrected chi connectivity index (χ1v) is 5.59. The van der Waals surface area contributed by atoms with Crippen LogP contribution in [0.25, 0.3) is 11.2 Å². The van der Waals surface area contributed by atoms with E-state index in [2.05, 4.69) is 32.3 Å². The maximum Gasteiger partial charge on any atom is 0.248 e. The quantitative estimate of drug-likeness (QED) is 0.623. The Kier molecular flexibility index (Phi) is 3.00. The predicted octanol–water partition coefficient (Wildman–Crippen LogP) is 1.26. The molecule has 2 heterocycles. The molecule has 0 aliphatic carbocycles. The number of nitrogens with zero attached hydrogens (tertiary/aromatic N) is 4. The highest BCUT2D eigenvalue weighted by Crippen LogP contribution is 2.22. The minimum atomic E-state index is 0.465. The molecule has 0 fully saturated rings. The van der Waals surface area contributed by atoms with Gasteiger partial charge in [0.1, 0.15) is 0 Å². The fourth-order valence-electron chi connectivity index (χ4n) is 1.10. The van der Waals surface area contributed by atoms with Crippen molar-refractivity contribution in [2.24, 2.45) is 0 Å². The summed E-state index contributed by atoms with van der Waals surface area (Å²) in [4.78, 5) is 8.48. The molecule has 0 atom stereocenters. The fourth-order valence-corrected chi connectivity index (χ4v) is 1.79. The van der Waals surface area contributed by atoms with Gasteiger partial charge in [0.25, 0.3) is 0 Å². The zero-order valence-corrected chi connectivity index (χ0v) is 9.34. The van der Waals surface area contributed by atoms with Crippen molar-refractivity contribution in [1.82, 2.24) is 25.4 Å². The standard InChI is InChI=1S/C8H11N5OS/c1-3-4-15-8-9-6-5(11-13-12-6)7(10-8)14-2/h3-4H2,1-2H3,(H,9,10,11,12,13). The van der Waals surface area contributed by atoms with Crippen molar-refractivity contribution in [2.45, 2.75) is 18.5 Å². The van der Waals surface area contributed by atoms with E-state index in [4.69, 9.17) is 4.74 Å². The van der Waals surface area contributed by atoms with Gasteiger partial charge in [0.2, 0.25) is 11.5 Å². The normalized spacial score (nSPS) is 10.8. The SMILES string of the molecule is CCCSc1nc(OC)c2n[nH]nc2n1. The second-order valence-electron chi connectivity index (χ2n) is 2.86. The van der Waals surface area contributed by atoms with E-state index in [9.17, 15) is 0 Å². The number of aromatic amines is 1. The van der Waals surface area contributed by atoms with E-state index >= 15 is 0 Å². The molecule has 0 amide bonds. The summed E-state index contributed by atoms with van der Waals surface area (Å²) in [6.07, 6.45) is 1.08. The molecule has 2 aromatic rings. The molecule has 80 valence electrons. The molecule has 0 aliphatic rings. The highest BCUT2D eigenvalue weighted by atomic mass is 32.2.